The molecule has 2 aromatic carbocycles. The summed E-state index contributed by atoms with van der Waals surface area (Å²) < 4.78 is 20.5. The Labute approximate surface area is 174 Å². The van der Waals surface area contributed by atoms with Crippen molar-refractivity contribution in [2.45, 2.75) is 0 Å². The SMILES string of the molecule is COc1cccc(NC(=O)CN(C)C(=O)COC(=O)c2cccc(OC)c2OC)c1. The maximum absolute atomic E-state index is 12.3. The highest BCUT2D eigenvalue weighted by Gasteiger charge is 2.20. The maximum atomic E-state index is 12.3. The molecule has 0 heterocycles. The lowest BCUT2D eigenvalue weighted by molar-refractivity contribution is -0.136. The highest BCUT2D eigenvalue weighted by molar-refractivity contribution is 5.96. The summed E-state index contributed by atoms with van der Waals surface area (Å²) in [4.78, 5) is 37.9. The van der Waals surface area contributed by atoms with Crippen molar-refractivity contribution < 1.29 is 33.3 Å². The molecule has 0 bridgehead atoms. The van der Waals surface area contributed by atoms with Crippen molar-refractivity contribution >= 4 is 23.5 Å². The summed E-state index contributed by atoms with van der Waals surface area (Å²) >= 11 is 0. The summed E-state index contributed by atoms with van der Waals surface area (Å²) in [6, 6.07) is 11.6. The topological polar surface area (TPSA) is 103 Å². The molecule has 0 fully saturated rings. The first-order valence-electron chi connectivity index (χ1n) is 8.95. The number of esters is 1. The third kappa shape index (κ3) is 5.87. The number of hydrogen-bond donors (Lipinski definition) is 1. The van der Waals surface area contributed by atoms with Gasteiger partial charge < -0.3 is 29.2 Å². The lowest BCUT2D eigenvalue weighted by atomic mass is 10.2. The third-order valence-corrected chi connectivity index (χ3v) is 4.11. The maximum Gasteiger partial charge on any atom is 0.342 e. The Kier molecular flexibility index (Phi) is 8.04. The van der Waals surface area contributed by atoms with Crippen LogP contribution in [0.4, 0.5) is 5.69 Å². The molecule has 2 aromatic rings. The van der Waals surface area contributed by atoms with Crippen LogP contribution in [0.25, 0.3) is 0 Å². The van der Waals surface area contributed by atoms with E-state index in [0.29, 0.717) is 17.2 Å². The number of carbonyl (C=O) groups excluding carboxylic acids is 3. The third-order valence-electron chi connectivity index (χ3n) is 4.11. The molecule has 0 spiro atoms. The van der Waals surface area contributed by atoms with Crippen LogP contribution in [0, 0.1) is 0 Å². The highest BCUT2D eigenvalue weighted by Crippen LogP contribution is 2.31. The predicted octanol–water partition coefficient (Wildman–Crippen LogP) is 1.97. The number of hydrogen-bond acceptors (Lipinski definition) is 7. The van der Waals surface area contributed by atoms with Gasteiger partial charge in [0.2, 0.25) is 5.91 Å². The monoisotopic (exact) mass is 416 g/mol. The van der Waals surface area contributed by atoms with Gasteiger partial charge in [0.1, 0.15) is 11.3 Å². The molecular weight excluding hydrogens is 392 g/mol. The lowest BCUT2D eigenvalue weighted by Gasteiger charge is -2.17. The van der Waals surface area contributed by atoms with Crippen LogP contribution in [-0.2, 0) is 14.3 Å². The molecule has 9 nitrogen and oxygen atoms in total. The molecule has 0 radical (unpaired) electrons. The molecule has 0 aliphatic carbocycles. The molecule has 0 aliphatic heterocycles. The standard InChI is InChI=1S/C21H24N2O7/c1-23(12-18(24)22-14-7-5-8-15(11-14)27-2)19(25)13-30-21(26)16-9-6-10-17(28-3)20(16)29-4/h5-11H,12-13H2,1-4H3,(H,22,24). The van der Waals surface area contributed by atoms with Gasteiger partial charge in [-0.2, -0.15) is 0 Å². The molecule has 0 saturated heterocycles. The van der Waals surface area contributed by atoms with Crippen molar-refractivity contribution in [3.05, 3.63) is 48.0 Å². The Hall–Kier alpha value is -3.75. The molecule has 9 heteroatoms. The van der Waals surface area contributed by atoms with Crippen molar-refractivity contribution in [2.75, 3.05) is 46.8 Å². The average Bonchev–Trinajstić information content (AvgIpc) is 2.76. The van der Waals surface area contributed by atoms with E-state index >= 15 is 0 Å². The molecule has 30 heavy (non-hydrogen) atoms. The van der Waals surface area contributed by atoms with Crippen molar-refractivity contribution in [3.8, 4) is 17.2 Å². The van der Waals surface area contributed by atoms with Crippen molar-refractivity contribution in [1.29, 1.82) is 0 Å². The first-order valence-corrected chi connectivity index (χ1v) is 8.95. The molecule has 160 valence electrons. The smallest absolute Gasteiger partial charge is 0.342 e. The van der Waals surface area contributed by atoms with Gasteiger partial charge in [0.15, 0.2) is 18.1 Å². The zero-order chi connectivity index (χ0) is 22.1. The number of carbonyl (C=O) groups is 3. The van der Waals surface area contributed by atoms with Gasteiger partial charge in [0.25, 0.3) is 5.91 Å². The van der Waals surface area contributed by atoms with E-state index in [1.165, 1.54) is 34.4 Å². The van der Waals surface area contributed by atoms with E-state index in [0.717, 1.165) is 4.90 Å². The van der Waals surface area contributed by atoms with Gasteiger partial charge in [-0.25, -0.2) is 4.79 Å². The van der Waals surface area contributed by atoms with Gasteiger partial charge in [-0.3, -0.25) is 9.59 Å². The van der Waals surface area contributed by atoms with Crippen LogP contribution < -0.4 is 19.5 Å². The molecule has 0 aliphatic rings. The largest absolute Gasteiger partial charge is 0.497 e. The lowest BCUT2D eigenvalue weighted by Crippen LogP contribution is -2.37. The van der Waals surface area contributed by atoms with Crippen LogP contribution in [0.15, 0.2) is 42.5 Å². The van der Waals surface area contributed by atoms with Crippen LogP contribution >= 0.6 is 0 Å². The van der Waals surface area contributed by atoms with Crippen molar-refractivity contribution in [2.24, 2.45) is 0 Å². The minimum Gasteiger partial charge on any atom is -0.497 e. The number of benzene rings is 2. The first-order chi connectivity index (χ1) is 14.4. The van der Waals surface area contributed by atoms with Gasteiger partial charge in [0, 0.05) is 18.8 Å². The molecule has 2 rings (SSSR count). The fraction of sp³-hybridized carbons (Fsp3) is 0.286. The number of likely N-dealkylation sites (N-methyl/N-ethyl adjacent to an activating group) is 1. The van der Waals surface area contributed by atoms with Crippen LogP contribution in [0.5, 0.6) is 17.2 Å². The number of rotatable bonds is 9. The zero-order valence-electron chi connectivity index (χ0n) is 17.3. The van der Waals surface area contributed by atoms with Gasteiger partial charge in [-0.15, -0.1) is 0 Å². The van der Waals surface area contributed by atoms with E-state index in [4.69, 9.17) is 18.9 Å². The van der Waals surface area contributed by atoms with Crippen LogP contribution in [0.3, 0.4) is 0 Å². The van der Waals surface area contributed by atoms with E-state index in [1.54, 1.807) is 36.4 Å². The quantitative estimate of drug-likeness (QED) is 0.623. The molecule has 2 amide bonds. The van der Waals surface area contributed by atoms with Crippen LogP contribution in [0.1, 0.15) is 10.4 Å². The molecule has 1 N–H and O–H groups in total. The minimum absolute atomic E-state index is 0.128. The van der Waals surface area contributed by atoms with Gasteiger partial charge in [0.05, 0.1) is 27.9 Å². The van der Waals surface area contributed by atoms with E-state index in [9.17, 15) is 14.4 Å². The summed E-state index contributed by atoms with van der Waals surface area (Å²) in [5.74, 6) is -0.510. The number of amides is 2. The second-order valence-corrected chi connectivity index (χ2v) is 6.15. The zero-order valence-corrected chi connectivity index (χ0v) is 17.3. The molecule has 0 saturated carbocycles. The Morgan fingerprint density at radius 3 is 2.37 bits per heavy atom. The van der Waals surface area contributed by atoms with Gasteiger partial charge in [-0.1, -0.05) is 12.1 Å². The second-order valence-electron chi connectivity index (χ2n) is 6.15. The molecule has 0 unspecified atom stereocenters. The van der Waals surface area contributed by atoms with E-state index in [1.807, 2.05) is 0 Å². The van der Waals surface area contributed by atoms with E-state index in [-0.39, 0.29) is 17.9 Å². The number of methoxy groups -OCH3 is 3. The molecule has 0 atom stereocenters. The van der Waals surface area contributed by atoms with Gasteiger partial charge in [-0.05, 0) is 24.3 Å². The predicted molar refractivity (Wildman–Crippen MR) is 109 cm³/mol. The fourth-order valence-electron chi connectivity index (χ4n) is 2.57. The van der Waals surface area contributed by atoms with E-state index < -0.39 is 24.4 Å². The first kappa shape index (κ1) is 22.5. The Balaban J connectivity index is 1.90. The number of nitrogens with one attached hydrogen (secondary N) is 1. The summed E-state index contributed by atoms with van der Waals surface area (Å²) in [6.07, 6.45) is 0. The summed E-state index contributed by atoms with van der Waals surface area (Å²) in [5.41, 5.74) is 0.666. The number of nitrogens with zero attached hydrogens (tertiary/aromatic N) is 1. The Morgan fingerprint density at radius 2 is 1.70 bits per heavy atom. The summed E-state index contributed by atoms with van der Waals surface area (Å²) in [7, 11) is 5.81. The fourth-order valence-corrected chi connectivity index (χ4v) is 2.57. The summed E-state index contributed by atoms with van der Waals surface area (Å²) in [5, 5.41) is 2.67. The van der Waals surface area contributed by atoms with Crippen molar-refractivity contribution in [1.82, 2.24) is 4.90 Å². The van der Waals surface area contributed by atoms with Gasteiger partial charge >= 0.3 is 5.97 Å². The van der Waals surface area contributed by atoms with Crippen molar-refractivity contribution in [3.63, 3.8) is 0 Å². The van der Waals surface area contributed by atoms with E-state index in [2.05, 4.69) is 5.32 Å². The number of ether oxygens (including phenoxy) is 4. The van der Waals surface area contributed by atoms with Crippen LogP contribution in [-0.4, -0.2) is 64.2 Å². The molecular formula is C21H24N2O7. The minimum atomic E-state index is -0.742. The number of para-hydroxylation sites is 1. The second kappa shape index (κ2) is 10.7. The van der Waals surface area contributed by atoms with Crippen LogP contribution in [0.2, 0.25) is 0 Å². The molecule has 0 aromatic heterocycles. The number of anilines is 1. The highest BCUT2D eigenvalue weighted by atomic mass is 16.5. The Bertz CT molecular complexity index is 914. The normalized spacial score (nSPS) is 10.0. The summed E-state index contributed by atoms with van der Waals surface area (Å²) in [6.45, 7) is -0.738. The Morgan fingerprint density at radius 1 is 0.967 bits per heavy atom. The average molecular weight is 416 g/mol.